The maximum absolute atomic E-state index is 14.5. The van der Waals surface area contributed by atoms with Gasteiger partial charge in [0.25, 0.3) is 0 Å². The van der Waals surface area contributed by atoms with Gasteiger partial charge in [-0.1, -0.05) is 90.4 Å². The first-order valence-corrected chi connectivity index (χ1v) is 23.8. The molecular formula is C49H70N8O14. The summed E-state index contributed by atoms with van der Waals surface area (Å²) in [5.41, 5.74) is 6.95. The van der Waals surface area contributed by atoms with Gasteiger partial charge in [0.1, 0.15) is 48.0 Å². The van der Waals surface area contributed by atoms with E-state index in [1.807, 2.05) is 0 Å². The van der Waals surface area contributed by atoms with Crippen molar-refractivity contribution in [2.45, 2.75) is 148 Å². The number of likely N-dealkylation sites (tertiary alicyclic amines) is 1. The van der Waals surface area contributed by atoms with Crippen molar-refractivity contribution in [3.05, 3.63) is 65.7 Å². The van der Waals surface area contributed by atoms with Gasteiger partial charge in [0.15, 0.2) is 0 Å². The molecule has 0 aliphatic carbocycles. The average Bonchev–Trinajstić information content (AvgIpc) is 3.82. The number of carboxylic acids is 3. The molecule has 7 amide bonds. The van der Waals surface area contributed by atoms with Gasteiger partial charge in [0, 0.05) is 32.2 Å². The number of carbonyl (C=O) groups excluding carboxylic acids is 7. The molecule has 0 unspecified atom stereocenters. The highest BCUT2D eigenvalue weighted by Gasteiger charge is 2.40. The summed E-state index contributed by atoms with van der Waals surface area (Å²) in [6, 6.07) is 3.56. The van der Waals surface area contributed by atoms with Crippen molar-refractivity contribution in [2.24, 2.45) is 23.5 Å². The Labute approximate surface area is 412 Å². The smallest absolute Gasteiger partial charge is 0.326 e. The predicted molar refractivity (Wildman–Crippen MR) is 257 cm³/mol. The molecule has 3 rings (SSSR count). The van der Waals surface area contributed by atoms with E-state index in [4.69, 9.17) is 10.8 Å². The molecule has 1 fully saturated rings. The number of carbonyl (C=O) groups is 10. The van der Waals surface area contributed by atoms with Gasteiger partial charge in [0.2, 0.25) is 41.4 Å². The number of rotatable bonds is 28. The Balaban J connectivity index is 1.96. The molecule has 9 atom stereocenters. The minimum Gasteiger partial charge on any atom is -0.508 e. The standard InChI is InChI=1S/C49H70N8O14/c1-7-28(6)41(56-42(63)32(50)19-21-37(59)60)47(68)53-35(25-30-15-17-31(58)18-16-30)45(66)52-34(24-29-12-9-8-10-13-29)44(65)51-33(20-22-38(61)62)43(64)54-39(26(2)3)46(67)55-40(27(4)5)48(69)57-23-11-14-36(57)49(70)71/h8-10,12-13,15-18,26-28,32-36,39-41,58H,7,11,14,19-25,50H2,1-6H3,(H,51,65)(H,52,66)(H,53,68)(H,54,64)(H,55,67)(H,56,63)(H,59,60)(H,61,62)(H,70,71)/t28-,32-,33-,34-,35-,36-,39-,40-,41-/m0/s1. The molecule has 1 saturated heterocycles. The van der Waals surface area contributed by atoms with Crippen LogP contribution in [0, 0.1) is 17.8 Å². The number of nitrogens with zero attached hydrogens (tertiary/aromatic N) is 1. The summed E-state index contributed by atoms with van der Waals surface area (Å²) < 4.78 is 0. The number of benzene rings is 2. The Morgan fingerprint density at radius 1 is 0.592 bits per heavy atom. The van der Waals surface area contributed by atoms with Crippen LogP contribution in [-0.4, -0.2) is 139 Å². The Morgan fingerprint density at radius 2 is 1.06 bits per heavy atom. The lowest BCUT2D eigenvalue weighted by Crippen LogP contribution is -2.62. The number of aliphatic carboxylic acids is 3. The van der Waals surface area contributed by atoms with Crippen molar-refractivity contribution in [1.29, 1.82) is 0 Å². The van der Waals surface area contributed by atoms with E-state index in [0.717, 1.165) is 0 Å². The van der Waals surface area contributed by atoms with Gasteiger partial charge < -0.3 is 63.0 Å². The molecule has 22 heteroatoms. The topological polar surface area (TPSA) is 353 Å². The number of hydrogen-bond acceptors (Lipinski definition) is 12. The zero-order valence-corrected chi connectivity index (χ0v) is 41.0. The molecule has 390 valence electrons. The van der Waals surface area contributed by atoms with Gasteiger partial charge in [0.05, 0.1) is 6.04 Å². The van der Waals surface area contributed by atoms with Crippen LogP contribution in [0.3, 0.4) is 0 Å². The summed E-state index contributed by atoms with van der Waals surface area (Å²) in [4.78, 5) is 134. The van der Waals surface area contributed by atoms with E-state index in [1.54, 1.807) is 71.9 Å². The highest BCUT2D eigenvalue weighted by molar-refractivity contribution is 5.98. The number of nitrogens with two attached hydrogens (primary N) is 1. The molecule has 0 saturated carbocycles. The van der Waals surface area contributed by atoms with E-state index in [0.29, 0.717) is 24.0 Å². The molecule has 12 N–H and O–H groups in total. The first-order chi connectivity index (χ1) is 33.4. The molecule has 2 aromatic carbocycles. The number of phenolic OH excluding ortho intramolecular Hbond substituents is 1. The quantitative estimate of drug-likeness (QED) is 0.0556. The van der Waals surface area contributed by atoms with Gasteiger partial charge in [-0.15, -0.1) is 0 Å². The Bertz CT molecular complexity index is 2190. The van der Waals surface area contributed by atoms with Crippen LogP contribution in [0.15, 0.2) is 54.6 Å². The fourth-order valence-corrected chi connectivity index (χ4v) is 7.86. The van der Waals surface area contributed by atoms with Crippen molar-refractivity contribution >= 4 is 59.3 Å². The van der Waals surface area contributed by atoms with Crippen LogP contribution in [0.2, 0.25) is 0 Å². The normalized spacial score (nSPS) is 16.7. The van der Waals surface area contributed by atoms with Crippen LogP contribution < -0.4 is 37.6 Å². The number of amides is 7. The Kier molecular flexibility index (Phi) is 22.9. The van der Waals surface area contributed by atoms with Crippen molar-refractivity contribution in [1.82, 2.24) is 36.8 Å². The Morgan fingerprint density at radius 3 is 1.58 bits per heavy atom. The summed E-state index contributed by atoms with van der Waals surface area (Å²) in [6.07, 6.45) is -0.981. The number of nitrogens with one attached hydrogen (secondary N) is 6. The molecule has 2 aromatic rings. The minimum atomic E-state index is -1.60. The maximum atomic E-state index is 14.5. The van der Waals surface area contributed by atoms with Gasteiger partial charge in [-0.3, -0.25) is 43.2 Å². The SMILES string of the molecule is CC[C@H](C)[C@H](NC(=O)[C@@H](N)CCC(=O)O)C(=O)N[C@@H](Cc1ccc(O)cc1)C(=O)N[C@@H](Cc1ccccc1)C(=O)N[C@@H](CCC(=O)O)C(=O)N[C@H](C(=O)N[C@H](C(=O)N1CCC[C@H]1C(=O)O)C(C)C)C(C)C. The molecule has 1 heterocycles. The van der Waals surface area contributed by atoms with E-state index in [1.165, 1.54) is 29.2 Å². The van der Waals surface area contributed by atoms with Crippen LogP contribution in [0.1, 0.15) is 97.6 Å². The second-order valence-electron chi connectivity index (χ2n) is 18.6. The van der Waals surface area contributed by atoms with E-state index < -0.39 is 145 Å². The van der Waals surface area contributed by atoms with Gasteiger partial charge in [-0.2, -0.15) is 0 Å². The summed E-state index contributed by atoms with van der Waals surface area (Å²) in [5.74, 6) is -11.2. The lowest BCUT2D eigenvalue weighted by atomic mass is 9.96. The first kappa shape index (κ1) is 58.2. The lowest BCUT2D eigenvalue weighted by molar-refractivity contribution is -0.150. The summed E-state index contributed by atoms with van der Waals surface area (Å²) >= 11 is 0. The lowest BCUT2D eigenvalue weighted by Gasteiger charge is -2.32. The van der Waals surface area contributed by atoms with Gasteiger partial charge >= 0.3 is 17.9 Å². The van der Waals surface area contributed by atoms with Gasteiger partial charge in [-0.05, 0) is 66.7 Å². The molecule has 1 aliphatic heterocycles. The third-order valence-electron chi connectivity index (χ3n) is 12.3. The molecule has 0 spiro atoms. The molecule has 1 aliphatic rings. The number of carboxylic acid groups (broad SMARTS) is 3. The molecule has 0 bridgehead atoms. The van der Waals surface area contributed by atoms with Crippen LogP contribution in [0.5, 0.6) is 5.75 Å². The van der Waals surface area contributed by atoms with Crippen LogP contribution in [0.4, 0.5) is 0 Å². The molecule has 0 aromatic heterocycles. The summed E-state index contributed by atoms with van der Waals surface area (Å²) in [7, 11) is 0. The maximum Gasteiger partial charge on any atom is 0.326 e. The fraction of sp³-hybridized carbons (Fsp3) is 0.551. The number of hydrogen-bond donors (Lipinski definition) is 11. The zero-order valence-electron chi connectivity index (χ0n) is 41.0. The average molecular weight is 995 g/mol. The molecule has 0 radical (unpaired) electrons. The van der Waals surface area contributed by atoms with Crippen LogP contribution >= 0.6 is 0 Å². The monoisotopic (exact) mass is 995 g/mol. The number of aromatic hydroxyl groups is 1. The van der Waals surface area contributed by atoms with Crippen LogP contribution in [-0.2, 0) is 60.8 Å². The fourth-order valence-electron chi connectivity index (χ4n) is 7.86. The van der Waals surface area contributed by atoms with Crippen molar-refractivity contribution in [3.8, 4) is 5.75 Å². The van der Waals surface area contributed by atoms with E-state index in [2.05, 4.69) is 31.9 Å². The third-order valence-corrected chi connectivity index (χ3v) is 12.3. The second kappa shape index (κ2) is 27.9. The van der Waals surface area contributed by atoms with E-state index >= 15 is 0 Å². The van der Waals surface area contributed by atoms with Gasteiger partial charge in [-0.25, -0.2) is 4.79 Å². The number of phenols is 1. The summed E-state index contributed by atoms with van der Waals surface area (Å²) in [6.45, 7) is 10.2. The zero-order chi connectivity index (χ0) is 53.1. The third kappa shape index (κ3) is 18.3. The molecule has 22 nitrogen and oxygen atoms in total. The first-order valence-electron chi connectivity index (χ1n) is 23.8. The minimum absolute atomic E-state index is 0.0814. The predicted octanol–water partition coefficient (Wildman–Crippen LogP) is 0.577. The van der Waals surface area contributed by atoms with E-state index in [9.17, 15) is 63.3 Å². The van der Waals surface area contributed by atoms with Crippen molar-refractivity contribution in [2.75, 3.05) is 6.54 Å². The highest BCUT2D eigenvalue weighted by atomic mass is 16.4. The highest BCUT2D eigenvalue weighted by Crippen LogP contribution is 2.21. The van der Waals surface area contributed by atoms with Crippen LogP contribution in [0.25, 0.3) is 0 Å². The summed E-state index contributed by atoms with van der Waals surface area (Å²) in [5, 5.41) is 54.1. The van der Waals surface area contributed by atoms with Crippen molar-refractivity contribution in [3.63, 3.8) is 0 Å². The van der Waals surface area contributed by atoms with Crippen molar-refractivity contribution < 1.29 is 68.4 Å². The molecule has 71 heavy (non-hydrogen) atoms. The van der Waals surface area contributed by atoms with E-state index in [-0.39, 0.29) is 38.0 Å². The largest absolute Gasteiger partial charge is 0.508 e. The Hall–Kier alpha value is -7.10. The second-order valence-corrected chi connectivity index (χ2v) is 18.6. The molecular weight excluding hydrogens is 925 g/mol.